The van der Waals surface area contributed by atoms with Crippen LogP contribution in [-0.2, 0) is 9.53 Å². The van der Waals surface area contributed by atoms with Gasteiger partial charge in [0.2, 0.25) is 0 Å². The van der Waals surface area contributed by atoms with Crippen molar-refractivity contribution in [3.63, 3.8) is 0 Å². The largest absolute Gasteiger partial charge is 0.465 e. The molecule has 14 heavy (non-hydrogen) atoms. The minimum atomic E-state index is -0.187. The summed E-state index contributed by atoms with van der Waals surface area (Å²) in [6.07, 6.45) is 7.50. The fraction of sp³-hybridized carbons (Fsp3) is 0.727. The lowest BCUT2D eigenvalue weighted by Gasteiger charge is -2.14. The number of ether oxygens (including phenoxy) is 1. The summed E-state index contributed by atoms with van der Waals surface area (Å²) < 4.78 is 4.91. The first-order valence-electron chi connectivity index (χ1n) is 5.09. The van der Waals surface area contributed by atoms with E-state index < -0.39 is 0 Å². The third kappa shape index (κ3) is 5.60. The molecule has 0 aliphatic heterocycles. The first kappa shape index (κ1) is 13.0. The number of carbonyl (C=O) groups is 1. The van der Waals surface area contributed by atoms with Crippen molar-refractivity contribution >= 4 is 5.97 Å². The van der Waals surface area contributed by atoms with E-state index in [1.165, 1.54) is 0 Å². The lowest BCUT2D eigenvalue weighted by atomic mass is 10.2. The predicted octanol–water partition coefficient (Wildman–Crippen LogP) is 1.33. The van der Waals surface area contributed by atoms with Crippen LogP contribution in [0.3, 0.4) is 0 Å². The molecule has 3 heteroatoms. The van der Waals surface area contributed by atoms with Crippen molar-refractivity contribution in [1.29, 1.82) is 0 Å². The number of nitrogens with one attached hydrogen (secondary N) is 1. The summed E-state index contributed by atoms with van der Waals surface area (Å²) in [6, 6.07) is -0.187. The van der Waals surface area contributed by atoms with E-state index in [1.54, 1.807) is 0 Å². The van der Waals surface area contributed by atoms with Crippen molar-refractivity contribution < 1.29 is 9.53 Å². The molecule has 0 aromatic carbocycles. The monoisotopic (exact) mass is 197 g/mol. The van der Waals surface area contributed by atoms with E-state index in [-0.39, 0.29) is 12.0 Å². The topological polar surface area (TPSA) is 38.3 Å². The van der Waals surface area contributed by atoms with Gasteiger partial charge in [0.25, 0.3) is 0 Å². The molecule has 0 saturated carbocycles. The maximum absolute atomic E-state index is 11.3. The Hall–Kier alpha value is -1.01. The maximum Gasteiger partial charge on any atom is 0.323 e. The highest BCUT2D eigenvalue weighted by atomic mass is 16.5. The highest BCUT2D eigenvalue weighted by Crippen LogP contribution is 1.95. The third-order valence-corrected chi connectivity index (χ3v) is 1.87. The summed E-state index contributed by atoms with van der Waals surface area (Å²) in [7, 11) is 0. The van der Waals surface area contributed by atoms with E-state index in [0.717, 1.165) is 25.8 Å². The van der Waals surface area contributed by atoms with Crippen LogP contribution in [-0.4, -0.2) is 25.2 Å². The van der Waals surface area contributed by atoms with Gasteiger partial charge in [-0.2, -0.15) is 0 Å². The number of hydrogen-bond acceptors (Lipinski definition) is 3. The van der Waals surface area contributed by atoms with Crippen LogP contribution in [0.1, 0.15) is 33.1 Å². The summed E-state index contributed by atoms with van der Waals surface area (Å²) in [4.78, 5) is 11.3. The van der Waals surface area contributed by atoms with Gasteiger partial charge in [0.05, 0.1) is 6.61 Å². The minimum absolute atomic E-state index is 0.171. The Balaban J connectivity index is 3.68. The molecule has 80 valence electrons. The van der Waals surface area contributed by atoms with E-state index in [2.05, 4.69) is 11.2 Å². The van der Waals surface area contributed by atoms with Gasteiger partial charge in [-0.3, -0.25) is 4.79 Å². The molecule has 0 rings (SSSR count). The average Bonchev–Trinajstić information content (AvgIpc) is 2.18. The molecule has 0 aromatic rings. The highest BCUT2D eigenvalue weighted by Gasteiger charge is 2.15. The molecule has 1 atom stereocenters. The number of hydrogen-bond donors (Lipinski definition) is 1. The molecule has 0 aromatic heterocycles. The number of esters is 1. The zero-order chi connectivity index (χ0) is 10.8. The van der Waals surface area contributed by atoms with Crippen LogP contribution < -0.4 is 5.32 Å². The van der Waals surface area contributed by atoms with Crippen LogP contribution in [0.25, 0.3) is 0 Å². The fourth-order valence-electron chi connectivity index (χ4n) is 1.10. The molecule has 0 fully saturated rings. The van der Waals surface area contributed by atoms with Gasteiger partial charge in [-0.25, -0.2) is 0 Å². The summed E-state index contributed by atoms with van der Waals surface area (Å²) in [5.74, 6) is 2.39. The maximum atomic E-state index is 11.3. The molecule has 0 heterocycles. The SMILES string of the molecule is C#CCCCNC(CC)C(=O)OCC. The Morgan fingerprint density at radius 3 is 2.79 bits per heavy atom. The normalized spacial score (nSPS) is 11.8. The molecular weight excluding hydrogens is 178 g/mol. The van der Waals surface area contributed by atoms with Crippen LogP contribution in [0.15, 0.2) is 0 Å². The molecule has 0 bridgehead atoms. The number of terminal acetylenes is 1. The molecule has 0 aliphatic carbocycles. The Bertz CT molecular complexity index is 196. The standard InChI is InChI=1S/C11H19NO2/c1-4-7-8-9-12-10(5-2)11(13)14-6-3/h1,10,12H,5-9H2,2-3H3. The second-order valence-corrected chi connectivity index (χ2v) is 2.97. The van der Waals surface area contributed by atoms with Gasteiger partial charge >= 0.3 is 5.97 Å². The summed E-state index contributed by atoms with van der Waals surface area (Å²) in [5.41, 5.74) is 0. The van der Waals surface area contributed by atoms with Crippen LogP contribution in [0.5, 0.6) is 0 Å². The lowest BCUT2D eigenvalue weighted by Crippen LogP contribution is -2.38. The molecule has 0 saturated heterocycles. The zero-order valence-electron chi connectivity index (χ0n) is 9.01. The number of rotatable bonds is 7. The molecule has 1 unspecified atom stereocenters. The van der Waals surface area contributed by atoms with Crippen molar-refractivity contribution in [3.05, 3.63) is 0 Å². The summed E-state index contributed by atoms with van der Waals surface area (Å²) >= 11 is 0. The van der Waals surface area contributed by atoms with E-state index in [1.807, 2.05) is 13.8 Å². The van der Waals surface area contributed by atoms with Gasteiger partial charge in [0, 0.05) is 6.42 Å². The first-order chi connectivity index (χ1) is 6.76. The second-order valence-electron chi connectivity index (χ2n) is 2.97. The smallest absolute Gasteiger partial charge is 0.323 e. The lowest BCUT2D eigenvalue weighted by molar-refractivity contribution is -0.145. The molecule has 0 aliphatic rings. The number of carbonyl (C=O) groups excluding carboxylic acids is 1. The van der Waals surface area contributed by atoms with E-state index in [0.29, 0.717) is 6.61 Å². The van der Waals surface area contributed by atoms with E-state index in [4.69, 9.17) is 11.2 Å². The Morgan fingerprint density at radius 2 is 2.29 bits per heavy atom. The van der Waals surface area contributed by atoms with Gasteiger partial charge in [0.1, 0.15) is 6.04 Å². The quantitative estimate of drug-likeness (QED) is 0.380. The Kier molecular flexibility index (Phi) is 7.96. The van der Waals surface area contributed by atoms with Crippen LogP contribution in [0, 0.1) is 12.3 Å². The van der Waals surface area contributed by atoms with Gasteiger partial charge < -0.3 is 10.1 Å². The molecule has 1 N–H and O–H groups in total. The van der Waals surface area contributed by atoms with Gasteiger partial charge in [0.15, 0.2) is 0 Å². The third-order valence-electron chi connectivity index (χ3n) is 1.87. The van der Waals surface area contributed by atoms with Gasteiger partial charge in [-0.15, -0.1) is 12.3 Å². The Labute approximate surface area is 86.2 Å². The summed E-state index contributed by atoms with van der Waals surface area (Å²) in [5, 5.41) is 3.12. The molecule has 3 nitrogen and oxygen atoms in total. The van der Waals surface area contributed by atoms with Crippen LogP contribution in [0.4, 0.5) is 0 Å². The van der Waals surface area contributed by atoms with Crippen molar-refractivity contribution in [2.45, 2.75) is 39.2 Å². The van der Waals surface area contributed by atoms with E-state index >= 15 is 0 Å². The van der Waals surface area contributed by atoms with E-state index in [9.17, 15) is 4.79 Å². The van der Waals surface area contributed by atoms with Crippen molar-refractivity contribution in [3.8, 4) is 12.3 Å². The van der Waals surface area contributed by atoms with Crippen molar-refractivity contribution in [1.82, 2.24) is 5.32 Å². The molecule has 0 amide bonds. The first-order valence-corrected chi connectivity index (χ1v) is 5.09. The van der Waals surface area contributed by atoms with Gasteiger partial charge in [-0.05, 0) is 26.3 Å². The molecular formula is C11H19NO2. The van der Waals surface area contributed by atoms with Crippen molar-refractivity contribution in [2.24, 2.45) is 0 Å². The van der Waals surface area contributed by atoms with Crippen LogP contribution in [0.2, 0.25) is 0 Å². The summed E-state index contributed by atoms with van der Waals surface area (Å²) in [6.45, 7) is 4.96. The average molecular weight is 197 g/mol. The number of unbranched alkanes of at least 4 members (excludes halogenated alkanes) is 1. The fourth-order valence-corrected chi connectivity index (χ4v) is 1.10. The molecule has 0 radical (unpaired) electrons. The van der Waals surface area contributed by atoms with Crippen LogP contribution >= 0.6 is 0 Å². The second kappa shape index (κ2) is 8.58. The highest BCUT2D eigenvalue weighted by molar-refractivity contribution is 5.75. The minimum Gasteiger partial charge on any atom is -0.465 e. The predicted molar refractivity (Wildman–Crippen MR) is 56.8 cm³/mol. The van der Waals surface area contributed by atoms with Crippen molar-refractivity contribution in [2.75, 3.05) is 13.2 Å². The Morgan fingerprint density at radius 1 is 1.57 bits per heavy atom. The zero-order valence-corrected chi connectivity index (χ0v) is 9.01. The molecule has 0 spiro atoms. The van der Waals surface area contributed by atoms with Gasteiger partial charge in [-0.1, -0.05) is 6.92 Å².